The number of carbonyl (C=O) groups excluding carboxylic acids is 1. The van der Waals surface area contributed by atoms with Crippen LogP contribution in [0.2, 0.25) is 5.02 Å². The molecular formula is C14H16ClN3O3. The van der Waals surface area contributed by atoms with E-state index in [2.05, 4.69) is 10.6 Å². The fourth-order valence-electron chi connectivity index (χ4n) is 1.62. The van der Waals surface area contributed by atoms with Gasteiger partial charge in [-0.2, -0.15) is 5.26 Å². The fraction of sp³-hybridized carbons (Fsp3) is 0.357. The maximum Gasteiger partial charge on any atom is 0.319 e. The van der Waals surface area contributed by atoms with Crippen molar-refractivity contribution in [1.29, 1.82) is 5.26 Å². The van der Waals surface area contributed by atoms with Crippen LogP contribution < -0.4 is 10.6 Å². The third kappa shape index (κ3) is 5.71. The number of amides is 2. The van der Waals surface area contributed by atoms with E-state index in [-0.39, 0.29) is 0 Å². The Morgan fingerprint density at radius 3 is 2.81 bits per heavy atom. The minimum Gasteiger partial charge on any atom is -0.481 e. The molecule has 0 spiro atoms. The molecule has 0 saturated heterocycles. The van der Waals surface area contributed by atoms with Crippen LogP contribution in [0.15, 0.2) is 18.2 Å². The molecule has 6 nitrogen and oxygen atoms in total. The van der Waals surface area contributed by atoms with Gasteiger partial charge in [0.2, 0.25) is 0 Å². The molecule has 0 aliphatic rings. The van der Waals surface area contributed by atoms with Crippen LogP contribution in [-0.2, 0) is 4.79 Å². The minimum absolute atomic E-state index is 0.314. The van der Waals surface area contributed by atoms with Crippen molar-refractivity contribution in [3.8, 4) is 6.07 Å². The van der Waals surface area contributed by atoms with Gasteiger partial charge >= 0.3 is 12.0 Å². The van der Waals surface area contributed by atoms with E-state index in [1.165, 1.54) is 12.1 Å². The van der Waals surface area contributed by atoms with Gasteiger partial charge < -0.3 is 15.7 Å². The van der Waals surface area contributed by atoms with Crippen molar-refractivity contribution in [2.45, 2.75) is 19.8 Å². The number of nitrogens with zero attached hydrogens (tertiary/aromatic N) is 1. The molecular weight excluding hydrogens is 294 g/mol. The lowest BCUT2D eigenvalue weighted by Gasteiger charge is -2.10. The first-order chi connectivity index (χ1) is 9.93. The van der Waals surface area contributed by atoms with E-state index >= 15 is 0 Å². The van der Waals surface area contributed by atoms with Gasteiger partial charge in [-0.05, 0) is 31.0 Å². The Hall–Kier alpha value is -2.26. The van der Waals surface area contributed by atoms with Crippen LogP contribution in [-0.4, -0.2) is 23.7 Å². The molecule has 1 atom stereocenters. The van der Waals surface area contributed by atoms with E-state index < -0.39 is 17.9 Å². The third-order valence-electron chi connectivity index (χ3n) is 2.87. The van der Waals surface area contributed by atoms with Gasteiger partial charge in [0.1, 0.15) is 6.07 Å². The number of nitriles is 1. The number of carboxylic acids is 1. The lowest BCUT2D eigenvalue weighted by molar-refractivity contribution is -0.141. The average molecular weight is 310 g/mol. The van der Waals surface area contributed by atoms with E-state index in [0.717, 1.165) is 0 Å². The number of benzene rings is 1. The Balaban J connectivity index is 2.43. The van der Waals surface area contributed by atoms with E-state index in [1.807, 2.05) is 6.07 Å². The van der Waals surface area contributed by atoms with E-state index in [1.54, 1.807) is 13.0 Å². The Morgan fingerprint density at radius 2 is 2.19 bits per heavy atom. The summed E-state index contributed by atoms with van der Waals surface area (Å²) in [5.41, 5.74) is 0.649. The second kappa shape index (κ2) is 8.12. The van der Waals surface area contributed by atoms with Gasteiger partial charge in [0.25, 0.3) is 0 Å². The number of hydrogen-bond donors (Lipinski definition) is 3. The van der Waals surface area contributed by atoms with Crippen molar-refractivity contribution in [2.24, 2.45) is 5.92 Å². The first kappa shape index (κ1) is 16.8. The molecule has 21 heavy (non-hydrogen) atoms. The Labute approximate surface area is 127 Å². The molecule has 1 aromatic rings. The number of carbonyl (C=O) groups is 2. The molecule has 3 N–H and O–H groups in total. The van der Waals surface area contributed by atoms with Crippen LogP contribution in [0, 0.1) is 17.2 Å². The van der Waals surface area contributed by atoms with Crippen molar-refractivity contribution in [3.63, 3.8) is 0 Å². The molecule has 0 fully saturated rings. The normalized spacial score (nSPS) is 11.3. The summed E-state index contributed by atoms with van der Waals surface area (Å²) < 4.78 is 0. The van der Waals surface area contributed by atoms with Gasteiger partial charge in [0.15, 0.2) is 0 Å². The van der Waals surface area contributed by atoms with Crippen molar-refractivity contribution < 1.29 is 14.7 Å². The van der Waals surface area contributed by atoms with Crippen LogP contribution in [0.25, 0.3) is 0 Å². The highest BCUT2D eigenvalue weighted by molar-refractivity contribution is 6.31. The largest absolute Gasteiger partial charge is 0.481 e. The summed E-state index contributed by atoms with van der Waals surface area (Å²) in [5, 5.41) is 23.2. The lowest BCUT2D eigenvalue weighted by Crippen LogP contribution is -2.30. The first-order valence-corrected chi connectivity index (χ1v) is 6.79. The van der Waals surface area contributed by atoms with Gasteiger partial charge in [-0.1, -0.05) is 18.5 Å². The van der Waals surface area contributed by atoms with Crippen LogP contribution in [0.4, 0.5) is 10.5 Å². The molecule has 1 unspecified atom stereocenters. The molecule has 1 aromatic carbocycles. The highest BCUT2D eigenvalue weighted by Crippen LogP contribution is 2.20. The predicted molar refractivity (Wildman–Crippen MR) is 79.2 cm³/mol. The summed E-state index contributed by atoms with van der Waals surface area (Å²) in [7, 11) is 0. The summed E-state index contributed by atoms with van der Waals surface area (Å²) in [4.78, 5) is 22.3. The van der Waals surface area contributed by atoms with Crippen LogP contribution in [0.3, 0.4) is 0 Å². The number of nitrogens with one attached hydrogen (secondary N) is 2. The summed E-state index contributed by atoms with van der Waals surface area (Å²) in [6.45, 7) is 1.97. The number of hydrogen-bond acceptors (Lipinski definition) is 3. The Kier molecular flexibility index (Phi) is 6.50. The predicted octanol–water partition coefficient (Wildman–Crippen LogP) is 2.83. The average Bonchev–Trinajstić information content (AvgIpc) is 2.43. The van der Waals surface area contributed by atoms with Gasteiger partial charge in [-0.15, -0.1) is 0 Å². The topological polar surface area (TPSA) is 102 Å². The number of anilines is 1. The van der Waals surface area contributed by atoms with E-state index in [9.17, 15) is 9.59 Å². The molecule has 0 aliphatic heterocycles. The number of carboxylic acid groups (broad SMARTS) is 1. The molecule has 0 aromatic heterocycles. The quantitative estimate of drug-likeness (QED) is 0.703. The van der Waals surface area contributed by atoms with Gasteiger partial charge in [0, 0.05) is 11.6 Å². The number of halogens is 1. The third-order valence-corrected chi connectivity index (χ3v) is 3.11. The number of urea groups is 1. The standard InChI is InChI=1S/C14H16ClN3O3/c1-9(13(19)20)3-2-6-17-14(21)18-12-7-11(15)5-4-10(12)8-16/h4-5,7,9H,2-3,6H2,1H3,(H,19,20)(H2,17,18,21). The lowest BCUT2D eigenvalue weighted by atomic mass is 10.1. The summed E-state index contributed by atoms with van der Waals surface area (Å²) in [6, 6.07) is 6.07. The zero-order valence-electron chi connectivity index (χ0n) is 11.5. The van der Waals surface area contributed by atoms with Crippen molar-refractivity contribution in [3.05, 3.63) is 28.8 Å². The van der Waals surface area contributed by atoms with Crippen molar-refractivity contribution in [1.82, 2.24) is 5.32 Å². The number of rotatable bonds is 6. The van der Waals surface area contributed by atoms with Crippen LogP contribution in [0.1, 0.15) is 25.3 Å². The molecule has 0 bridgehead atoms. The molecule has 0 heterocycles. The maximum absolute atomic E-state index is 11.7. The zero-order valence-corrected chi connectivity index (χ0v) is 12.3. The summed E-state index contributed by atoms with van der Waals surface area (Å²) >= 11 is 5.81. The summed E-state index contributed by atoms with van der Waals surface area (Å²) in [6.07, 6.45) is 1.04. The minimum atomic E-state index is -0.850. The van der Waals surface area contributed by atoms with Crippen LogP contribution in [0.5, 0.6) is 0 Å². The smallest absolute Gasteiger partial charge is 0.319 e. The number of aliphatic carboxylic acids is 1. The molecule has 0 aliphatic carbocycles. The highest BCUT2D eigenvalue weighted by atomic mass is 35.5. The van der Waals surface area contributed by atoms with Crippen molar-refractivity contribution in [2.75, 3.05) is 11.9 Å². The molecule has 0 radical (unpaired) electrons. The molecule has 2 amide bonds. The second-order valence-electron chi connectivity index (χ2n) is 4.56. The fourth-order valence-corrected chi connectivity index (χ4v) is 1.79. The van der Waals surface area contributed by atoms with E-state index in [0.29, 0.717) is 35.7 Å². The first-order valence-electron chi connectivity index (χ1n) is 6.41. The van der Waals surface area contributed by atoms with Gasteiger partial charge in [-0.3, -0.25) is 4.79 Å². The molecule has 7 heteroatoms. The van der Waals surface area contributed by atoms with E-state index in [4.69, 9.17) is 22.0 Å². The maximum atomic E-state index is 11.7. The molecule has 0 saturated carbocycles. The summed E-state index contributed by atoms with van der Waals surface area (Å²) in [5.74, 6) is -1.29. The SMILES string of the molecule is CC(CCCNC(=O)Nc1cc(Cl)ccc1C#N)C(=O)O. The second-order valence-corrected chi connectivity index (χ2v) is 5.00. The Morgan fingerprint density at radius 1 is 1.48 bits per heavy atom. The molecule has 112 valence electrons. The van der Waals surface area contributed by atoms with Gasteiger partial charge in [0.05, 0.1) is 17.2 Å². The zero-order chi connectivity index (χ0) is 15.8. The monoisotopic (exact) mass is 309 g/mol. The highest BCUT2D eigenvalue weighted by Gasteiger charge is 2.11. The van der Waals surface area contributed by atoms with Crippen LogP contribution >= 0.6 is 11.6 Å². The molecule has 1 rings (SSSR count). The Bertz CT molecular complexity index is 569. The van der Waals surface area contributed by atoms with Gasteiger partial charge in [-0.25, -0.2) is 4.79 Å². The van der Waals surface area contributed by atoms with Crippen molar-refractivity contribution >= 4 is 29.3 Å².